The number of sulfone groups is 1. The zero-order valence-electron chi connectivity index (χ0n) is 12.4. The SMILES string of the molecule is CC(N)Cc1cc(Br)c(OCCS(=O)(=O)C(C)C)c(Br)c1. The Kier molecular flexibility index (Phi) is 7.16. The molecule has 7 heteroatoms. The van der Waals surface area contributed by atoms with Gasteiger partial charge in [-0.25, -0.2) is 8.42 Å². The van der Waals surface area contributed by atoms with Gasteiger partial charge < -0.3 is 10.5 Å². The maximum atomic E-state index is 11.7. The van der Waals surface area contributed by atoms with Crippen LogP contribution in [0.3, 0.4) is 0 Å². The summed E-state index contributed by atoms with van der Waals surface area (Å²) in [6, 6.07) is 3.97. The van der Waals surface area contributed by atoms with Crippen LogP contribution >= 0.6 is 31.9 Å². The third-order valence-corrected chi connectivity index (χ3v) is 6.30. The molecule has 120 valence electrons. The fourth-order valence-electron chi connectivity index (χ4n) is 1.74. The van der Waals surface area contributed by atoms with Gasteiger partial charge in [-0.2, -0.15) is 0 Å². The molecule has 0 heterocycles. The van der Waals surface area contributed by atoms with Gasteiger partial charge in [0.1, 0.15) is 12.4 Å². The molecule has 0 aliphatic rings. The van der Waals surface area contributed by atoms with Crippen molar-refractivity contribution in [2.75, 3.05) is 12.4 Å². The molecule has 21 heavy (non-hydrogen) atoms. The summed E-state index contributed by atoms with van der Waals surface area (Å²) in [7, 11) is -3.09. The van der Waals surface area contributed by atoms with E-state index in [1.54, 1.807) is 13.8 Å². The molecule has 0 aromatic heterocycles. The van der Waals surface area contributed by atoms with E-state index in [0.717, 1.165) is 20.9 Å². The van der Waals surface area contributed by atoms with Crippen LogP contribution in [0.5, 0.6) is 5.75 Å². The van der Waals surface area contributed by atoms with Gasteiger partial charge in [-0.1, -0.05) is 0 Å². The Labute approximate surface area is 143 Å². The molecule has 0 saturated carbocycles. The predicted octanol–water partition coefficient (Wildman–Crippen LogP) is 3.30. The first-order valence-corrected chi connectivity index (χ1v) is 10.0. The van der Waals surface area contributed by atoms with E-state index in [1.807, 2.05) is 19.1 Å². The third kappa shape index (κ3) is 5.88. The van der Waals surface area contributed by atoms with Gasteiger partial charge in [0, 0.05) is 6.04 Å². The molecule has 4 nitrogen and oxygen atoms in total. The van der Waals surface area contributed by atoms with Crippen molar-refractivity contribution in [3.8, 4) is 5.75 Å². The number of rotatable bonds is 7. The second-order valence-corrected chi connectivity index (χ2v) is 9.72. The Morgan fingerprint density at radius 2 is 1.71 bits per heavy atom. The van der Waals surface area contributed by atoms with Gasteiger partial charge >= 0.3 is 0 Å². The third-order valence-electron chi connectivity index (χ3n) is 2.95. The Balaban J connectivity index is 2.77. The zero-order valence-corrected chi connectivity index (χ0v) is 16.4. The van der Waals surface area contributed by atoms with E-state index in [0.29, 0.717) is 5.75 Å². The van der Waals surface area contributed by atoms with E-state index in [2.05, 4.69) is 31.9 Å². The summed E-state index contributed by atoms with van der Waals surface area (Å²) in [5.74, 6) is 0.618. The van der Waals surface area contributed by atoms with Crippen LogP contribution in [0, 0.1) is 0 Å². The van der Waals surface area contributed by atoms with Crippen molar-refractivity contribution in [2.45, 2.75) is 38.5 Å². The second kappa shape index (κ2) is 7.94. The van der Waals surface area contributed by atoms with E-state index in [-0.39, 0.29) is 23.7 Å². The standard InChI is InChI=1S/C14H21Br2NO3S/c1-9(2)21(18,19)5-4-20-14-12(15)7-11(6-10(3)17)8-13(14)16/h7-10H,4-6,17H2,1-3H3. The Morgan fingerprint density at radius 3 is 2.14 bits per heavy atom. The second-order valence-electron chi connectivity index (χ2n) is 5.33. The first kappa shape index (κ1) is 18.9. The van der Waals surface area contributed by atoms with Crippen LogP contribution in [0.2, 0.25) is 0 Å². The van der Waals surface area contributed by atoms with Crippen molar-refractivity contribution in [1.82, 2.24) is 0 Å². The molecule has 0 aliphatic carbocycles. The minimum absolute atomic E-state index is 0.00509. The summed E-state index contributed by atoms with van der Waals surface area (Å²) in [6.45, 7) is 5.42. The quantitative estimate of drug-likeness (QED) is 0.703. The first-order chi connectivity index (χ1) is 9.63. The summed E-state index contributed by atoms with van der Waals surface area (Å²) in [4.78, 5) is 0. The molecule has 0 fully saturated rings. The average molecular weight is 443 g/mol. The molecule has 0 bridgehead atoms. The minimum atomic E-state index is -3.09. The fourth-order valence-corrected chi connectivity index (χ4v) is 4.03. The highest BCUT2D eigenvalue weighted by Crippen LogP contribution is 2.35. The van der Waals surface area contributed by atoms with E-state index in [9.17, 15) is 8.42 Å². The largest absolute Gasteiger partial charge is 0.490 e. The summed E-state index contributed by atoms with van der Waals surface area (Å²) >= 11 is 6.90. The molecule has 0 spiro atoms. The summed E-state index contributed by atoms with van der Waals surface area (Å²) in [5, 5.41) is -0.388. The molecular weight excluding hydrogens is 422 g/mol. The summed E-state index contributed by atoms with van der Waals surface area (Å²) in [6.07, 6.45) is 0.763. The molecule has 1 unspecified atom stereocenters. The normalized spacial score (nSPS) is 13.5. The van der Waals surface area contributed by atoms with Crippen LogP contribution in [0.1, 0.15) is 26.3 Å². The van der Waals surface area contributed by atoms with Crippen molar-refractivity contribution in [1.29, 1.82) is 0 Å². The van der Waals surface area contributed by atoms with E-state index >= 15 is 0 Å². The molecule has 0 amide bonds. The number of benzene rings is 1. The van der Waals surface area contributed by atoms with Crippen LogP contribution in [0.15, 0.2) is 21.1 Å². The highest BCUT2D eigenvalue weighted by atomic mass is 79.9. The van der Waals surface area contributed by atoms with Crippen LogP contribution in [-0.2, 0) is 16.3 Å². The molecule has 2 N–H and O–H groups in total. The lowest BCUT2D eigenvalue weighted by atomic mass is 10.1. The smallest absolute Gasteiger partial charge is 0.155 e. The lowest BCUT2D eigenvalue weighted by Crippen LogP contribution is -2.22. The van der Waals surface area contributed by atoms with Crippen molar-refractivity contribution in [2.24, 2.45) is 5.73 Å². The average Bonchev–Trinajstić information content (AvgIpc) is 2.31. The van der Waals surface area contributed by atoms with Crippen LogP contribution in [0.25, 0.3) is 0 Å². The molecule has 0 aliphatic heterocycles. The van der Waals surface area contributed by atoms with Gasteiger partial charge in [0.15, 0.2) is 9.84 Å². The maximum absolute atomic E-state index is 11.7. The van der Waals surface area contributed by atoms with Gasteiger partial charge in [0.2, 0.25) is 0 Å². The van der Waals surface area contributed by atoms with E-state index < -0.39 is 9.84 Å². The molecule has 1 aromatic rings. The van der Waals surface area contributed by atoms with E-state index in [4.69, 9.17) is 10.5 Å². The summed E-state index contributed by atoms with van der Waals surface area (Å²) in [5.41, 5.74) is 6.88. The van der Waals surface area contributed by atoms with Crippen LogP contribution in [0.4, 0.5) is 0 Å². The monoisotopic (exact) mass is 441 g/mol. The van der Waals surface area contributed by atoms with Gasteiger partial charge in [-0.3, -0.25) is 0 Å². The topological polar surface area (TPSA) is 69.4 Å². The van der Waals surface area contributed by atoms with Gasteiger partial charge in [0.05, 0.1) is 19.9 Å². The summed E-state index contributed by atoms with van der Waals surface area (Å²) < 4.78 is 30.7. The molecule has 0 saturated heterocycles. The Morgan fingerprint density at radius 1 is 1.19 bits per heavy atom. The first-order valence-electron chi connectivity index (χ1n) is 6.71. The molecule has 1 rings (SSSR count). The Hall–Kier alpha value is -0.110. The van der Waals surface area contributed by atoms with Gasteiger partial charge in [-0.05, 0) is 76.7 Å². The maximum Gasteiger partial charge on any atom is 0.155 e. The fraction of sp³-hybridized carbons (Fsp3) is 0.571. The molecule has 1 atom stereocenters. The lowest BCUT2D eigenvalue weighted by molar-refractivity contribution is 0.336. The minimum Gasteiger partial charge on any atom is -0.490 e. The molecule has 1 aromatic carbocycles. The van der Waals surface area contributed by atoms with Crippen LogP contribution in [-0.4, -0.2) is 32.1 Å². The van der Waals surface area contributed by atoms with Gasteiger partial charge in [-0.15, -0.1) is 0 Å². The molecular formula is C14H21Br2NO3S. The van der Waals surface area contributed by atoms with Crippen molar-refractivity contribution >= 4 is 41.7 Å². The zero-order chi connectivity index (χ0) is 16.2. The number of hydrogen-bond acceptors (Lipinski definition) is 4. The predicted molar refractivity (Wildman–Crippen MR) is 93.6 cm³/mol. The number of nitrogens with two attached hydrogens (primary N) is 1. The highest BCUT2D eigenvalue weighted by Gasteiger charge is 2.17. The molecule has 0 radical (unpaired) electrons. The number of halogens is 2. The number of hydrogen-bond donors (Lipinski definition) is 1. The van der Waals surface area contributed by atoms with Gasteiger partial charge in [0.25, 0.3) is 0 Å². The Bertz CT molecular complexity index is 563. The number of ether oxygens (including phenoxy) is 1. The van der Waals surface area contributed by atoms with Crippen molar-refractivity contribution < 1.29 is 13.2 Å². The van der Waals surface area contributed by atoms with Crippen molar-refractivity contribution in [3.05, 3.63) is 26.6 Å². The van der Waals surface area contributed by atoms with Crippen LogP contribution < -0.4 is 10.5 Å². The van der Waals surface area contributed by atoms with Crippen molar-refractivity contribution in [3.63, 3.8) is 0 Å². The van der Waals surface area contributed by atoms with E-state index in [1.165, 1.54) is 0 Å². The lowest BCUT2D eigenvalue weighted by Gasteiger charge is -2.14. The highest BCUT2D eigenvalue weighted by molar-refractivity contribution is 9.11.